The summed E-state index contributed by atoms with van der Waals surface area (Å²) in [7, 11) is 1.61. The first-order chi connectivity index (χ1) is 26.4. The Hall–Kier alpha value is -1.27. The van der Waals surface area contributed by atoms with E-state index in [2.05, 4.69) is 29.0 Å². The van der Waals surface area contributed by atoms with E-state index < -0.39 is 53.9 Å². The highest BCUT2D eigenvalue weighted by Crippen LogP contribution is 2.56. The Balaban J connectivity index is 1.08. The SMILES string of the molecule is COC1CC(C2CC(O)CC(CCC3CCC(O)C(OCNCC(C)O)C3)O2)CC(OCC2NC(C)CCC23C(C(=O)O)C=CC3C2CCNC(N)C2)C1O. The van der Waals surface area contributed by atoms with Gasteiger partial charge in [-0.1, -0.05) is 12.2 Å². The lowest BCUT2D eigenvalue weighted by Gasteiger charge is -2.53. The second kappa shape index (κ2) is 19.7. The molecule has 6 rings (SSSR count). The number of piperidine rings is 2. The fraction of sp³-hybridized carbons (Fsp3) is 0.927. The van der Waals surface area contributed by atoms with Crippen LogP contribution in [0, 0.1) is 35.0 Å². The van der Waals surface area contributed by atoms with Gasteiger partial charge in [0.05, 0.1) is 74.3 Å². The Morgan fingerprint density at radius 2 is 1.78 bits per heavy atom. The Labute approximate surface area is 327 Å². The third-order valence-electron chi connectivity index (χ3n) is 14.3. The maximum Gasteiger partial charge on any atom is 0.311 e. The third kappa shape index (κ3) is 10.5. The Kier molecular flexibility index (Phi) is 15.5. The third-order valence-corrected chi connectivity index (χ3v) is 14.3. The predicted octanol–water partition coefficient (Wildman–Crippen LogP) is 1.62. The van der Waals surface area contributed by atoms with Gasteiger partial charge in [-0.05, 0) is 128 Å². The highest BCUT2D eigenvalue weighted by molar-refractivity contribution is 5.74. The van der Waals surface area contributed by atoms with Crippen LogP contribution in [-0.4, -0.2) is 138 Å². The van der Waals surface area contributed by atoms with Gasteiger partial charge in [0.15, 0.2) is 0 Å². The van der Waals surface area contributed by atoms with Crippen molar-refractivity contribution in [2.45, 2.75) is 171 Å². The normalized spacial score (nSPS) is 45.8. The lowest BCUT2D eigenvalue weighted by Crippen LogP contribution is -2.63. The van der Waals surface area contributed by atoms with Crippen LogP contribution in [0.15, 0.2) is 12.2 Å². The number of aliphatic carboxylic acids is 1. The summed E-state index contributed by atoms with van der Waals surface area (Å²) >= 11 is 0. The van der Waals surface area contributed by atoms with E-state index in [1.165, 1.54) is 0 Å². The Bertz CT molecular complexity index is 1250. The van der Waals surface area contributed by atoms with Gasteiger partial charge < -0.3 is 60.8 Å². The molecule has 2 saturated carbocycles. The molecule has 0 radical (unpaired) electrons. The first-order valence-electron chi connectivity index (χ1n) is 21.4. The summed E-state index contributed by atoms with van der Waals surface area (Å²) in [6.07, 6.45) is 9.77. The van der Waals surface area contributed by atoms with Crippen LogP contribution in [0.3, 0.4) is 0 Å². The Morgan fingerprint density at radius 3 is 2.53 bits per heavy atom. The first-order valence-corrected chi connectivity index (χ1v) is 21.4. The number of nitrogens with two attached hydrogens (primary N) is 1. The number of carboxylic acids is 1. The van der Waals surface area contributed by atoms with Gasteiger partial charge in [0.2, 0.25) is 0 Å². The molecular formula is C41H72N4O10. The molecule has 3 aliphatic heterocycles. The number of carbonyl (C=O) groups is 1. The monoisotopic (exact) mass is 781 g/mol. The molecular weight excluding hydrogens is 708 g/mol. The zero-order valence-electron chi connectivity index (χ0n) is 33.3. The van der Waals surface area contributed by atoms with Crippen LogP contribution < -0.4 is 21.7 Å². The number of aliphatic hydroxyl groups is 4. The van der Waals surface area contributed by atoms with Crippen LogP contribution in [-0.2, 0) is 23.7 Å². The summed E-state index contributed by atoms with van der Waals surface area (Å²) in [6, 6.07) is -0.0366. The number of allylic oxidation sites excluding steroid dienone is 1. The quantitative estimate of drug-likeness (QED) is 0.0656. The van der Waals surface area contributed by atoms with Gasteiger partial charge in [-0.15, -0.1) is 0 Å². The van der Waals surface area contributed by atoms with Crippen molar-refractivity contribution in [2.75, 3.05) is 33.5 Å². The molecule has 18 unspecified atom stereocenters. The van der Waals surface area contributed by atoms with Crippen molar-refractivity contribution in [3.8, 4) is 0 Å². The highest BCUT2D eigenvalue weighted by atomic mass is 16.5. The number of aliphatic hydroxyl groups excluding tert-OH is 4. The van der Waals surface area contributed by atoms with Crippen LogP contribution in [0.5, 0.6) is 0 Å². The van der Waals surface area contributed by atoms with E-state index in [9.17, 15) is 30.3 Å². The molecule has 3 aliphatic carbocycles. The van der Waals surface area contributed by atoms with Crippen molar-refractivity contribution < 1.29 is 49.3 Å². The fourth-order valence-electron chi connectivity index (χ4n) is 11.4. The number of hydrogen-bond donors (Lipinski definition) is 9. The number of nitrogens with one attached hydrogen (secondary N) is 3. The number of ether oxygens (including phenoxy) is 4. The molecule has 3 heterocycles. The second-order valence-corrected chi connectivity index (χ2v) is 18.1. The van der Waals surface area contributed by atoms with Gasteiger partial charge in [-0.2, -0.15) is 0 Å². The molecule has 18 atom stereocenters. The number of methoxy groups -OCH3 is 1. The van der Waals surface area contributed by atoms with Crippen LogP contribution in [0.25, 0.3) is 0 Å². The van der Waals surface area contributed by atoms with Crippen LogP contribution in [0.4, 0.5) is 0 Å². The van der Waals surface area contributed by atoms with Gasteiger partial charge >= 0.3 is 5.97 Å². The molecule has 6 aliphatic rings. The average molecular weight is 781 g/mol. The molecule has 14 nitrogen and oxygen atoms in total. The van der Waals surface area contributed by atoms with E-state index >= 15 is 0 Å². The maximum absolute atomic E-state index is 12.9. The van der Waals surface area contributed by atoms with E-state index in [1.807, 2.05) is 6.08 Å². The first kappa shape index (κ1) is 43.3. The summed E-state index contributed by atoms with van der Waals surface area (Å²) in [5.41, 5.74) is 5.79. The average Bonchev–Trinajstić information content (AvgIpc) is 3.54. The van der Waals surface area contributed by atoms with E-state index in [1.54, 1.807) is 14.0 Å². The van der Waals surface area contributed by atoms with Crippen molar-refractivity contribution in [3.05, 3.63) is 12.2 Å². The predicted molar refractivity (Wildman–Crippen MR) is 206 cm³/mol. The molecule has 3 saturated heterocycles. The minimum atomic E-state index is -0.850. The number of carboxylic acid groups (broad SMARTS) is 1. The number of hydrogen-bond acceptors (Lipinski definition) is 13. The van der Waals surface area contributed by atoms with Crippen LogP contribution >= 0.6 is 0 Å². The van der Waals surface area contributed by atoms with Gasteiger partial charge in [-0.25, -0.2) is 0 Å². The second-order valence-electron chi connectivity index (χ2n) is 18.1. The van der Waals surface area contributed by atoms with Crippen LogP contribution in [0.1, 0.15) is 97.3 Å². The minimum Gasteiger partial charge on any atom is -0.481 e. The molecule has 14 heteroatoms. The molecule has 0 aromatic heterocycles. The van der Waals surface area contributed by atoms with E-state index in [0.29, 0.717) is 44.6 Å². The molecule has 10 N–H and O–H groups in total. The molecule has 0 aromatic carbocycles. The van der Waals surface area contributed by atoms with E-state index in [4.69, 9.17) is 24.7 Å². The van der Waals surface area contributed by atoms with Crippen molar-refractivity contribution in [1.82, 2.24) is 16.0 Å². The van der Waals surface area contributed by atoms with Crippen LogP contribution in [0.2, 0.25) is 0 Å². The lowest BCUT2D eigenvalue weighted by molar-refractivity contribution is -0.183. The zero-order chi connectivity index (χ0) is 39.3. The largest absolute Gasteiger partial charge is 0.481 e. The summed E-state index contributed by atoms with van der Waals surface area (Å²) in [5, 5.41) is 63.4. The molecule has 0 aromatic rings. The van der Waals surface area contributed by atoms with Crippen molar-refractivity contribution >= 4 is 5.97 Å². The van der Waals surface area contributed by atoms with E-state index in [0.717, 1.165) is 57.9 Å². The molecule has 0 bridgehead atoms. The molecule has 1 spiro atoms. The summed E-state index contributed by atoms with van der Waals surface area (Å²) < 4.78 is 25.3. The molecule has 5 fully saturated rings. The van der Waals surface area contributed by atoms with Gasteiger partial charge in [-0.3, -0.25) is 10.1 Å². The molecule has 316 valence electrons. The maximum atomic E-state index is 12.9. The minimum absolute atomic E-state index is 0.00337. The van der Waals surface area contributed by atoms with Crippen molar-refractivity contribution in [2.24, 2.45) is 40.7 Å². The van der Waals surface area contributed by atoms with Crippen molar-refractivity contribution in [1.29, 1.82) is 0 Å². The van der Waals surface area contributed by atoms with Gasteiger partial charge in [0, 0.05) is 31.2 Å². The van der Waals surface area contributed by atoms with Gasteiger partial charge in [0.1, 0.15) is 6.10 Å². The summed E-state index contributed by atoms with van der Waals surface area (Å²) in [6.45, 7) is 5.66. The smallest absolute Gasteiger partial charge is 0.311 e. The summed E-state index contributed by atoms with van der Waals surface area (Å²) in [5.74, 6) is -0.750. The van der Waals surface area contributed by atoms with E-state index in [-0.39, 0.29) is 67.7 Å². The molecule has 55 heavy (non-hydrogen) atoms. The topological polar surface area (TPSA) is 217 Å². The fourth-order valence-corrected chi connectivity index (χ4v) is 11.4. The van der Waals surface area contributed by atoms with Gasteiger partial charge in [0.25, 0.3) is 0 Å². The lowest BCUT2D eigenvalue weighted by atomic mass is 9.57. The standard InChI is InChI=1S/C41H72N4O10/c1-23-10-12-41(30(7-8-31(41)40(50)51)26-11-13-44-38(42)17-26)37(45-23)21-53-36-16-27(15-35(52-3)39(36)49)33-19-28(47)18-29(55-33)6-4-25-5-9-32(48)34(14-25)54-22-43-20-24(2)46/h7-8,23-39,43-49H,4-6,9-22,42H2,1-3H3,(H,50,51). The molecule has 0 amide bonds. The Morgan fingerprint density at radius 1 is 0.982 bits per heavy atom. The van der Waals surface area contributed by atoms with Crippen molar-refractivity contribution in [3.63, 3.8) is 0 Å². The zero-order valence-corrected chi connectivity index (χ0v) is 33.3. The highest BCUT2D eigenvalue weighted by Gasteiger charge is 2.59. The summed E-state index contributed by atoms with van der Waals surface area (Å²) in [4.78, 5) is 12.9. The number of rotatable bonds is 15.